The average molecular weight is 429 g/mol. The van der Waals surface area contributed by atoms with Crippen molar-refractivity contribution in [3.8, 4) is 5.13 Å². The average Bonchev–Trinajstić information content (AvgIpc) is 3.16. The Bertz CT molecular complexity index is 905. The molecule has 2 heterocycles. The number of rotatable bonds is 7. The molecule has 0 atom stereocenters. The summed E-state index contributed by atoms with van der Waals surface area (Å²) < 4.78 is 3.62. The summed E-state index contributed by atoms with van der Waals surface area (Å²) in [6.07, 6.45) is 0.681. The number of unbranched alkanes of at least 4 members (excludes halogenated alkanes) is 1. The van der Waals surface area contributed by atoms with Gasteiger partial charge in [0, 0.05) is 0 Å². The summed E-state index contributed by atoms with van der Waals surface area (Å²) in [6, 6.07) is 7.64. The van der Waals surface area contributed by atoms with E-state index in [1.807, 2.05) is 24.3 Å². The summed E-state index contributed by atoms with van der Waals surface area (Å²) in [7, 11) is 0. The first-order chi connectivity index (χ1) is 11.6. The Kier molecular flexibility index (Phi) is 5.72. The van der Waals surface area contributed by atoms with E-state index in [4.69, 9.17) is 5.11 Å². The van der Waals surface area contributed by atoms with E-state index in [1.54, 1.807) is 15.3 Å². The van der Waals surface area contributed by atoms with Gasteiger partial charge in [0.05, 0.1) is 0 Å². The first-order valence-corrected chi connectivity index (χ1v) is 10.6. The fraction of sp³-hybridized carbons (Fsp3) is 0.286. The molecule has 0 saturated heterocycles. The van der Waals surface area contributed by atoms with Crippen molar-refractivity contribution in [1.82, 2.24) is 19.1 Å². The molecule has 1 aromatic carbocycles. The number of carbonyl (C=O) groups is 1. The van der Waals surface area contributed by atoms with Crippen LogP contribution in [-0.4, -0.2) is 52.0 Å². The van der Waals surface area contributed by atoms with Crippen molar-refractivity contribution < 1.29 is 9.90 Å². The summed E-state index contributed by atoms with van der Waals surface area (Å²) in [4.78, 5) is 22.7. The monoisotopic (exact) mass is 430 g/mol. The minimum absolute atomic E-state index is 0.00181. The third kappa shape index (κ3) is 4.07. The Hall–Kier alpha value is -1.61. The van der Waals surface area contributed by atoms with Gasteiger partial charge in [0.2, 0.25) is 0 Å². The second-order valence-electron chi connectivity index (χ2n) is 4.83. The van der Waals surface area contributed by atoms with E-state index >= 15 is 0 Å². The number of aromatic nitrogens is 3. The van der Waals surface area contributed by atoms with Crippen molar-refractivity contribution in [2.45, 2.75) is 17.2 Å². The van der Waals surface area contributed by atoms with E-state index in [2.05, 4.69) is 15.5 Å². The van der Waals surface area contributed by atoms with Gasteiger partial charge in [-0.15, -0.1) is 0 Å². The Morgan fingerprint density at radius 1 is 1.33 bits per heavy atom. The molecule has 126 valence electrons. The van der Waals surface area contributed by atoms with Crippen molar-refractivity contribution in [2.24, 2.45) is 0 Å². The molecule has 0 bridgehead atoms. The van der Waals surface area contributed by atoms with Gasteiger partial charge < -0.3 is 0 Å². The van der Waals surface area contributed by atoms with E-state index in [0.29, 0.717) is 11.7 Å². The molecule has 24 heavy (non-hydrogen) atoms. The number of nitrogens with one attached hydrogen (secondary N) is 1. The van der Waals surface area contributed by atoms with Gasteiger partial charge in [0.15, 0.2) is 0 Å². The first kappa shape index (κ1) is 17.2. The molecule has 10 heteroatoms. The molecule has 0 unspecified atom stereocenters. The van der Waals surface area contributed by atoms with Crippen molar-refractivity contribution in [1.29, 1.82) is 0 Å². The quantitative estimate of drug-likeness (QED) is 0.339. The number of amides is 1. The van der Waals surface area contributed by atoms with Gasteiger partial charge in [0.1, 0.15) is 0 Å². The topological polar surface area (TPSA) is 97.1 Å². The van der Waals surface area contributed by atoms with Crippen LogP contribution in [0.5, 0.6) is 0 Å². The summed E-state index contributed by atoms with van der Waals surface area (Å²) in [5.74, 6) is 0.843. The molecule has 0 aliphatic rings. The number of benzene rings is 1. The van der Waals surface area contributed by atoms with Crippen LogP contribution in [0.2, 0.25) is 0 Å². The molecule has 3 aromatic rings. The molecule has 0 radical (unpaired) electrons. The number of carboxylic acid groups (broad SMARTS) is 1. The zero-order valence-corrected chi connectivity index (χ0v) is 15.8. The fourth-order valence-electron chi connectivity index (χ4n) is 2.02. The standard InChI is InChI=1S/C14H14N4O3S2Se/c19-11-9-5-1-2-6-10(9)24-18(11)12-16-17-14(23-12)22-8-4-3-7-15-13(20)21/h1-2,5-6,15H,3-4,7-8H2,(H,20,21). The van der Waals surface area contributed by atoms with Crippen molar-refractivity contribution in [3.05, 3.63) is 34.6 Å². The zero-order valence-electron chi connectivity index (χ0n) is 12.5. The van der Waals surface area contributed by atoms with Gasteiger partial charge in [-0.2, -0.15) is 0 Å². The van der Waals surface area contributed by atoms with E-state index in [-0.39, 0.29) is 20.3 Å². The molecular formula is C14H14N4O3S2Se. The Balaban J connectivity index is 1.60. The van der Waals surface area contributed by atoms with Crippen LogP contribution in [0.25, 0.3) is 14.8 Å². The van der Waals surface area contributed by atoms with E-state index < -0.39 is 6.09 Å². The summed E-state index contributed by atoms with van der Waals surface area (Å²) in [6.45, 7) is 0.459. The third-order valence-corrected chi connectivity index (χ3v) is 7.78. The predicted molar refractivity (Wildman–Crippen MR) is 95.9 cm³/mol. The third-order valence-electron chi connectivity index (χ3n) is 3.13. The molecule has 0 aliphatic carbocycles. The van der Waals surface area contributed by atoms with Crippen LogP contribution < -0.4 is 10.9 Å². The Morgan fingerprint density at radius 3 is 2.96 bits per heavy atom. The van der Waals surface area contributed by atoms with E-state index in [1.165, 1.54) is 11.3 Å². The summed E-state index contributed by atoms with van der Waals surface area (Å²) in [5.41, 5.74) is -0.00181. The molecule has 3 rings (SSSR count). The number of nitrogens with zero attached hydrogens (tertiary/aromatic N) is 3. The van der Waals surface area contributed by atoms with Gasteiger partial charge in [0.25, 0.3) is 0 Å². The van der Waals surface area contributed by atoms with Gasteiger partial charge in [-0.3, -0.25) is 0 Å². The van der Waals surface area contributed by atoms with Crippen LogP contribution in [0.1, 0.15) is 12.8 Å². The molecule has 0 fully saturated rings. The zero-order chi connectivity index (χ0) is 16.9. The fourth-order valence-corrected chi connectivity index (χ4v) is 6.13. The van der Waals surface area contributed by atoms with Crippen LogP contribution in [0, 0.1) is 0 Å². The molecule has 0 spiro atoms. The van der Waals surface area contributed by atoms with Crippen molar-refractivity contribution >= 4 is 53.6 Å². The van der Waals surface area contributed by atoms with Gasteiger partial charge >= 0.3 is 152 Å². The first-order valence-electron chi connectivity index (χ1n) is 7.19. The summed E-state index contributed by atoms with van der Waals surface area (Å²) in [5, 5.41) is 20.5. The van der Waals surface area contributed by atoms with Crippen LogP contribution in [0.15, 0.2) is 33.4 Å². The van der Waals surface area contributed by atoms with Gasteiger partial charge in [-0.1, -0.05) is 0 Å². The second kappa shape index (κ2) is 7.98. The molecule has 0 aliphatic heterocycles. The molecule has 1 amide bonds. The normalized spacial score (nSPS) is 11.0. The molecule has 0 saturated carbocycles. The van der Waals surface area contributed by atoms with Crippen LogP contribution in [0.4, 0.5) is 4.79 Å². The maximum absolute atomic E-state index is 12.4. The molecule has 7 nitrogen and oxygen atoms in total. The van der Waals surface area contributed by atoms with Crippen LogP contribution in [0.3, 0.4) is 0 Å². The SMILES string of the molecule is O=C(O)NCCCCSc1nnc(-n2[se]c3ccccc3c2=O)s1. The van der Waals surface area contributed by atoms with E-state index in [0.717, 1.165) is 32.6 Å². The van der Waals surface area contributed by atoms with Crippen molar-refractivity contribution in [2.75, 3.05) is 12.3 Å². The number of hydrogen-bond donors (Lipinski definition) is 2. The van der Waals surface area contributed by atoms with Gasteiger partial charge in [-0.25, -0.2) is 0 Å². The van der Waals surface area contributed by atoms with Crippen LogP contribution in [-0.2, 0) is 0 Å². The molecular weight excluding hydrogens is 415 g/mol. The minimum atomic E-state index is -0.991. The van der Waals surface area contributed by atoms with E-state index in [9.17, 15) is 9.59 Å². The number of thioether (sulfide) groups is 1. The molecule has 2 aromatic heterocycles. The Labute approximate surface area is 151 Å². The second-order valence-corrected chi connectivity index (χ2v) is 9.19. The van der Waals surface area contributed by atoms with Crippen molar-refractivity contribution in [3.63, 3.8) is 0 Å². The summed E-state index contributed by atoms with van der Waals surface area (Å²) >= 11 is 2.92. The number of hydrogen-bond acceptors (Lipinski definition) is 6. The predicted octanol–water partition coefficient (Wildman–Crippen LogP) is 2.04. The molecule has 2 N–H and O–H groups in total. The number of fused-ring (bicyclic) bond motifs is 1. The van der Waals surface area contributed by atoms with Gasteiger partial charge in [-0.05, 0) is 0 Å². The Morgan fingerprint density at radius 2 is 2.17 bits per heavy atom. The maximum atomic E-state index is 12.4. The van der Waals surface area contributed by atoms with Crippen LogP contribution >= 0.6 is 23.1 Å².